The Bertz CT molecular complexity index is 769. The highest BCUT2D eigenvalue weighted by Crippen LogP contribution is 2.47. The topological polar surface area (TPSA) is 133 Å². The molecule has 9 heteroatoms. The van der Waals surface area contributed by atoms with Gasteiger partial charge in [-0.25, -0.2) is 4.39 Å². The maximum absolute atomic E-state index is 14.9. The first-order chi connectivity index (χ1) is 13.3. The fourth-order valence-electron chi connectivity index (χ4n) is 4.59. The van der Waals surface area contributed by atoms with E-state index >= 15 is 0 Å². The number of aliphatic carboxylic acids is 1. The molecule has 2 aliphatic carbocycles. The predicted octanol–water partition coefficient (Wildman–Crippen LogP) is 0.873. The van der Waals surface area contributed by atoms with E-state index in [-0.39, 0.29) is 24.7 Å². The van der Waals surface area contributed by atoms with E-state index in [1.165, 1.54) is 6.07 Å². The van der Waals surface area contributed by atoms with Gasteiger partial charge in [-0.3, -0.25) is 9.59 Å². The molecule has 7 nitrogen and oxygen atoms in total. The number of amides is 1. The van der Waals surface area contributed by atoms with Crippen molar-refractivity contribution in [3.63, 3.8) is 0 Å². The Morgan fingerprint density at radius 3 is 2.57 bits per heavy atom. The van der Waals surface area contributed by atoms with Crippen molar-refractivity contribution < 1.29 is 29.1 Å². The number of hydrogen-bond donors (Lipinski definition) is 5. The van der Waals surface area contributed by atoms with Gasteiger partial charge in [0.25, 0.3) is 0 Å². The minimum absolute atomic E-state index is 0.174. The number of carbonyl (C=O) groups is 2. The van der Waals surface area contributed by atoms with E-state index in [2.05, 4.69) is 5.32 Å². The van der Waals surface area contributed by atoms with Gasteiger partial charge in [-0.15, -0.1) is 0 Å². The first-order valence-corrected chi connectivity index (χ1v) is 9.70. The van der Waals surface area contributed by atoms with Gasteiger partial charge in [0, 0.05) is 5.56 Å². The third-order valence-corrected chi connectivity index (χ3v) is 6.11. The van der Waals surface area contributed by atoms with Crippen LogP contribution in [0, 0.1) is 11.7 Å². The normalized spacial score (nSPS) is 22.3. The average Bonchev–Trinajstić information content (AvgIpc) is 2.94. The van der Waals surface area contributed by atoms with Crippen molar-refractivity contribution in [3.05, 3.63) is 34.6 Å². The fourth-order valence-corrected chi connectivity index (χ4v) is 4.59. The molecule has 1 amide bonds. The van der Waals surface area contributed by atoms with E-state index in [0.29, 0.717) is 48.8 Å². The van der Waals surface area contributed by atoms with Gasteiger partial charge in [0.05, 0.1) is 18.0 Å². The highest BCUT2D eigenvalue weighted by Gasteiger charge is 2.44. The number of nitrogens with two attached hydrogens (primary N) is 1. The summed E-state index contributed by atoms with van der Waals surface area (Å²) in [6.45, 7) is -0.190. The number of fused-ring (bicyclic) bond motifs is 1. The lowest BCUT2D eigenvalue weighted by Gasteiger charge is -2.43. The van der Waals surface area contributed by atoms with Gasteiger partial charge in [-0.1, -0.05) is 6.42 Å². The smallest absolute Gasteiger partial charge is 0.451 e. The molecular weight excluding hydrogens is 366 g/mol. The van der Waals surface area contributed by atoms with Crippen molar-refractivity contribution in [2.45, 2.75) is 56.3 Å². The number of rotatable bonds is 8. The molecule has 0 radical (unpaired) electrons. The van der Waals surface area contributed by atoms with Gasteiger partial charge in [0.15, 0.2) is 0 Å². The van der Waals surface area contributed by atoms with Gasteiger partial charge in [-0.2, -0.15) is 0 Å². The molecule has 0 spiro atoms. The molecule has 2 atom stereocenters. The summed E-state index contributed by atoms with van der Waals surface area (Å²) in [7, 11) is -1.42. The Morgan fingerprint density at radius 2 is 2.04 bits per heavy atom. The van der Waals surface area contributed by atoms with E-state index in [4.69, 9.17) is 15.8 Å². The maximum atomic E-state index is 14.9. The fraction of sp³-hybridized carbons (Fsp3) is 0.579. The van der Waals surface area contributed by atoms with E-state index in [9.17, 15) is 19.1 Å². The van der Waals surface area contributed by atoms with Gasteiger partial charge in [0.2, 0.25) is 5.91 Å². The molecular formula is C19H26BFN2O5. The van der Waals surface area contributed by atoms with Crippen molar-refractivity contribution in [3.8, 4) is 0 Å². The van der Waals surface area contributed by atoms with Crippen LogP contribution in [0.25, 0.3) is 0 Å². The van der Waals surface area contributed by atoms with Crippen LogP contribution in [0.1, 0.15) is 54.7 Å². The second kappa shape index (κ2) is 8.18. The molecule has 1 aromatic carbocycles. The summed E-state index contributed by atoms with van der Waals surface area (Å²) in [5.74, 6) is -2.77. The standard InChI is InChI=1S/C19H26BFN2O5/c21-15-8-12-7-11(3-1-6-20(27)28)17(18(25)26)13(12)9-14(15)19(4-2-5-19)23-16(24)10-22/h8-9,11,17,27-28H,1-7,10,22H2,(H,23,24)(H,25,26)/t11-,17-/m0/s1. The SMILES string of the molecule is NCC(=O)NC1(c2cc3c(cc2F)C[C@H](CCCB(O)O)[C@@H]3C(=O)O)CCC1. The Labute approximate surface area is 163 Å². The zero-order chi connectivity index (χ0) is 20.5. The summed E-state index contributed by atoms with van der Waals surface area (Å²) < 4.78 is 14.9. The van der Waals surface area contributed by atoms with Crippen LogP contribution in [-0.2, 0) is 21.5 Å². The summed E-state index contributed by atoms with van der Waals surface area (Å²) in [6, 6.07) is 3.01. The number of benzene rings is 1. The van der Waals surface area contributed by atoms with Crippen molar-refractivity contribution in [2.24, 2.45) is 11.7 Å². The first-order valence-electron chi connectivity index (χ1n) is 9.70. The maximum Gasteiger partial charge on any atom is 0.451 e. The summed E-state index contributed by atoms with van der Waals surface area (Å²) in [4.78, 5) is 23.8. The van der Waals surface area contributed by atoms with Gasteiger partial charge >= 0.3 is 13.1 Å². The molecule has 1 aromatic rings. The van der Waals surface area contributed by atoms with Crippen molar-refractivity contribution in [2.75, 3.05) is 6.54 Å². The molecule has 3 rings (SSSR count). The molecule has 2 aliphatic rings. The number of nitrogens with one attached hydrogen (secondary N) is 1. The Hall–Kier alpha value is -1.97. The molecule has 0 bridgehead atoms. The number of carbonyl (C=O) groups excluding carboxylic acids is 1. The third-order valence-electron chi connectivity index (χ3n) is 6.11. The minimum Gasteiger partial charge on any atom is -0.481 e. The van der Waals surface area contributed by atoms with E-state index in [1.807, 2.05) is 0 Å². The van der Waals surface area contributed by atoms with Crippen LogP contribution in [0.4, 0.5) is 4.39 Å². The van der Waals surface area contributed by atoms with Gasteiger partial charge in [0.1, 0.15) is 5.82 Å². The Kier molecular flexibility index (Phi) is 6.07. The molecule has 1 fully saturated rings. The summed E-state index contributed by atoms with van der Waals surface area (Å²) in [5.41, 5.74) is 6.16. The van der Waals surface area contributed by atoms with Crippen molar-refractivity contribution >= 4 is 19.0 Å². The second-order valence-corrected chi connectivity index (χ2v) is 7.91. The van der Waals surface area contributed by atoms with Crippen molar-refractivity contribution in [1.29, 1.82) is 0 Å². The van der Waals surface area contributed by atoms with Crippen molar-refractivity contribution in [1.82, 2.24) is 5.32 Å². The molecule has 0 saturated heterocycles. The number of carboxylic acids is 1. The molecule has 1 saturated carbocycles. The summed E-state index contributed by atoms with van der Waals surface area (Å²) in [6.07, 6.45) is 3.62. The summed E-state index contributed by atoms with van der Waals surface area (Å²) in [5, 5.41) is 30.6. The second-order valence-electron chi connectivity index (χ2n) is 7.91. The minimum atomic E-state index is -1.42. The highest BCUT2D eigenvalue weighted by atomic mass is 19.1. The van der Waals surface area contributed by atoms with Crippen LogP contribution < -0.4 is 11.1 Å². The highest BCUT2D eigenvalue weighted by molar-refractivity contribution is 6.40. The molecule has 0 unspecified atom stereocenters. The Morgan fingerprint density at radius 1 is 1.32 bits per heavy atom. The molecule has 0 heterocycles. The van der Waals surface area contributed by atoms with Crippen LogP contribution >= 0.6 is 0 Å². The Balaban J connectivity index is 1.90. The molecule has 28 heavy (non-hydrogen) atoms. The number of halogens is 1. The number of carboxylic acid groups (broad SMARTS) is 1. The lowest BCUT2D eigenvalue weighted by Crippen LogP contribution is -2.53. The lowest BCUT2D eigenvalue weighted by molar-refractivity contribution is -0.140. The third kappa shape index (κ3) is 3.92. The monoisotopic (exact) mass is 392 g/mol. The molecule has 6 N–H and O–H groups in total. The molecule has 0 aromatic heterocycles. The lowest BCUT2D eigenvalue weighted by atomic mass is 9.70. The van der Waals surface area contributed by atoms with E-state index in [1.54, 1.807) is 6.07 Å². The largest absolute Gasteiger partial charge is 0.481 e. The molecule has 152 valence electrons. The van der Waals surface area contributed by atoms with Crippen LogP contribution in [-0.4, -0.2) is 40.7 Å². The quantitative estimate of drug-likeness (QED) is 0.417. The number of hydrogen-bond acceptors (Lipinski definition) is 5. The van der Waals surface area contributed by atoms with E-state index < -0.39 is 30.4 Å². The van der Waals surface area contributed by atoms with Crippen LogP contribution in [0.2, 0.25) is 6.32 Å². The predicted molar refractivity (Wildman–Crippen MR) is 101 cm³/mol. The molecule has 0 aliphatic heterocycles. The van der Waals surface area contributed by atoms with Gasteiger partial charge in [-0.05, 0) is 67.6 Å². The van der Waals surface area contributed by atoms with E-state index in [0.717, 1.165) is 6.42 Å². The summed E-state index contributed by atoms with van der Waals surface area (Å²) >= 11 is 0. The van der Waals surface area contributed by atoms with Gasteiger partial charge < -0.3 is 26.2 Å². The van der Waals surface area contributed by atoms with Crippen LogP contribution in [0.5, 0.6) is 0 Å². The van der Waals surface area contributed by atoms with Crippen LogP contribution in [0.15, 0.2) is 12.1 Å². The zero-order valence-corrected chi connectivity index (χ0v) is 15.7. The van der Waals surface area contributed by atoms with Crippen LogP contribution in [0.3, 0.4) is 0 Å². The zero-order valence-electron chi connectivity index (χ0n) is 15.7. The average molecular weight is 392 g/mol. The first kappa shape index (κ1) is 20.8.